The van der Waals surface area contributed by atoms with Crippen LogP contribution < -0.4 is 4.90 Å². The third kappa shape index (κ3) is 3.38. The molecule has 5 heteroatoms. The van der Waals surface area contributed by atoms with Crippen LogP contribution in [0.5, 0.6) is 0 Å². The first-order valence-electron chi connectivity index (χ1n) is 6.95. The van der Waals surface area contributed by atoms with E-state index in [-0.39, 0.29) is 5.82 Å². The van der Waals surface area contributed by atoms with Crippen molar-refractivity contribution in [3.63, 3.8) is 0 Å². The fraction of sp³-hybridized carbons (Fsp3) is 0.312. The molecule has 0 radical (unpaired) electrons. The highest BCUT2D eigenvalue weighted by molar-refractivity contribution is 9.10. The SMILES string of the molecule is Fc1cc(Br)cnc1N1CCC(c2ccc(Cl)cc2)CC1. The molecule has 1 fully saturated rings. The second kappa shape index (κ2) is 6.32. The Hall–Kier alpha value is -1.13. The third-order valence-electron chi connectivity index (χ3n) is 3.92. The number of pyridine rings is 1. The van der Waals surface area contributed by atoms with E-state index in [9.17, 15) is 4.39 Å². The van der Waals surface area contributed by atoms with Crippen LogP contribution in [-0.2, 0) is 0 Å². The zero-order chi connectivity index (χ0) is 14.8. The van der Waals surface area contributed by atoms with E-state index < -0.39 is 0 Å². The minimum atomic E-state index is -0.269. The summed E-state index contributed by atoms with van der Waals surface area (Å²) in [5, 5.41) is 0.761. The number of hydrogen-bond donors (Lipinski definition) is 0. The van der Waals surface area contributed by atoms with E-state index in [2.05, 4.69) is 33.0 Å². The number of benzene rings is 1. The van der Waals surface area contributed by atoms with Crippen LogP contribution in [0, 0.1) is 5.82 Å². The van der Waals surface area contributed by atoms with Crippen LogP contribution in [0.15, 0.2) is 41.0 Å². The molecule has 3 rings (SSSR count). The summed E-state index contributed by atoms with van der Waals surface area (Å²) in [6, 6.07) is 9.49. The van der Waals surface area contributed by atoms with Crippen molar-refractivity contribution >= 4 is 33.3 Å². The summed E-state index contributed by atoms with van der Waals surface area (Å²) in [7, 11) is 0. The fourth-order valence-corrected chi connectivity index (χ4v) is 3.23. The normalized spacial score (nSPS) is 16.2. The van der Waals surface area contributed by atoms with Gasteiger partial charge in [-0.2, -0.15) is 0 Å². The number of hydrogen-bond acceptors (Lipinski definition) is 2. The van der Waals surface area contributed by atoms with Gasteiger partial charge in [0, 0.05) is 28.8 Å². The number of nitrogens with zero attached hydrogens (tertiary/aromatic N) is 2. The number of halogens is 3. The summed E-state index contributed by atoms with van der Waals surface area (Å²) < 4.78 is 14.6. The van der Waals surface area contributed by atoms with Crippen LogP contribution in [0.4, 0.5) is 10.2 Å². The molecule has 2 nitrogen and oxygen atoms in total. The van der Waals surface area contributed by atoms with Gasteiger partial charge < -0.3 is 4.90 Å². The van der Waals surface area contributed by atoms with E-state index in [4.69, 9.17) is 11.6 Å². The van der Waals surface area contributed by atoms with E-state index in [0.717, 1.165) is 31.0 Å². The van der Waals surface area contributed by atoms with Gasteiger partial charge in [-0.3, -0.25) is 0 Å². The lowest BCUT2D eigenvalue weighted by atomic mass is 9.89. The lowest BCUT2D eigenvalue weighted by Gasteiger charge is -2.33. The first kappa shape index (κ1) is 14.8. The number of anilines is 1. The monoisotopic (exact) mass is 368 g/mol. The predicted molar refractivity (Wildman–Crippen MR) is 87.5 cm³/mol. The van der Waals surface area contributed by atoms with Crippen molar-refractivity contribution in [2.75, 3.05) is 18.0 Å². The van der Waals surface area contributed by atoms with Gasteiger partial charge in [-0.05, 0) is 58.5 Å². The Labute approximate surface area is 137 Å². The van der Waals surface area contributed by atoms with E-state index >= 15 is 0 Å². The average Bonchev–Trinajstić information content (AvgIpc) is 2.48. The van der Waals surface area contributed by atoms with Crippen molar-refractivity contribution < 1.29 is 4.39 Å². The molecule has 1 aliphatic rings. The summed E-state index contributed by atoms with van der Waals surface area (Å²) in [6.45, 7) is 1.64. The molecule has 2 aromatic rings. The van der Waals surface area contributed by atoms with Gasteiger partial charge >= 0.3 is 0 Å². The van der Waals surface area contributed by atoms with E-state index in [0.29, 0.717) is 16.2 Å². The van der Waals surface area contributed by atoms with Crippen LogP contribution in [0.3, 0.4) is 0 Å². The molecule has 0 unspecified atom stereocenters. The molecule has 0 N–H and O–H groups in total. The largest absolute Gasteiger partial charge is 0.354 e. The maximum Gasteiger partial charge on any atom is 0.166 e. The zero-order valence-corrected chi connectivity index (χ0v) is 13.7. The van der Waals surface area contributed by atoms with Gasteiger partial charge in [0.1, 0.15) is 0 Å². The molecule has 1 aromatic heterocycles. The Morgan fingerprint density at radius 1 is 1.19 bits per heavy atom. The Morgan fingerprint density at radius 2 is 1.86 bits per heavy atom. The molecule has 0 bridgehead atoms. The van der Waals surface area contributed by atoms with Crippen LogP contribution in [0.2, 0.25) is 5.02 Å². The summed E-state index contributed by atoms with van der Waals surface area (Å²) in [6.07, 6.45) is 3.64. The smallest absolute Gasteiger partial charge is 0.166 e. The third-order valence-corrected chi connectivity index (χ3v) is 4.61. The van der Waals surface area contributed by atoms with Gasteiger partial charge in [-0.1, -0.05) is 23.7 Å². The van der Waals surface area contributed by atoms with Crippen molar-refractivity contribution in [1.29, 1.82) is 0 Å². The predicted octanol–water partition coefficient (Wildman–Crippen LogP) is 5.02. The van der Waals surface area contributed by atoms with E-state index in [1.165, 1.54) is 11.6 Å². The van der Waals surface area contributed by atoms with Gasteiger partial charge in [0.2, 0.25) is 0 Å². The molecule has 0 atom stereocenters. The maximum atomic E-state index is 14.0. The van der Waals surface area contributed by atoms with E-state index in [1.807, 2.05) is 17.0 Å². The van der Waals surface area contributed by atoms with Crippen LogP contribution in [0.25, 0.3) is 0 Å². The van der Waals surface area contributed by atoms with Crippen LogP contribution >= 0.6 is 27.5 Å². The molecular formula is C16H15BrClFN2. The molecule has 1 aromatic carbocycles. The first-order valence-corrected chi connectivity index (χ1v) is 8.12. The summed E-state index contributed by atoms with van der Waals surface area (Å²) >= 11 is 9.16. The van der Waals surface area contributed by atoms with Gasteiger partial charge in [-0.25, -0.2) is 9.37 Å². The van der Waals surface area contributed by atoms with E-state index in [1.54, 1.807) is 6.20 Å². The molecule has 0 aliphatic carbocycles. The van der Waals surface area contributed by atoms with Crippen molar-refractivity contribution in [3.8, 4) is 0 Å². The van der Waals surface area contributed by atoms with Crippen molar-refractivity contribution in [2.45, 2.75) is 18.8 Å². The molecule has 21 heavy (non-hydrogen) atoms. The average molecular weight is 370 g/mol. The first-order chi connectivity index (χ1) is 10.1. The summed E-state index contributed by atoms with van der Waals surface area (Å²) in [5.74, 6) is 0.694. The second-order valence-electron chi connectivity index (χ2n) is 5.27. The molecule has 0 amide bonds. The Kier molecular flexibility index (Phi) is 4.45. The second-order valence-corrected chi connectivity index (χ2v) is 6.62. The summed E-state index contributed by atoms with van der Waals surface area (Å²) in [4.78, 5) is 6.22. The Balaban J connectivity index is 1.68. The van der Waals surface area contributed by atoms with Crippen molar-refractivity contribution in [2.24, 2.45) is 0 Å². The number of rotatable bonds is 2. The highest BCUT2D eigenvalue weighted by Gasteiger charge is 2.23. The molecule has 0 saturated carbocycles. The van der Waals surface area contributed by atoms with Crippen LogP contribution in [0.1, 0.15) is 24.3 Å². The molecule has 2 heterocycles. The van der Waals surface area contributed by atoms with Gasteiger partial charge in [0.15, 0.2) is 11.6 Å². The highest BCUT2D eigenvalue weighted by Crippen LogP contribution is 2.31. The lowest BCUT2D eigenvalue weighted by molar-refractivity contribution is 0.493. The van der Waals surface area contributed by atoms with Gasteiger partial charge in [-0.15, -0.1) is 0 Å². The van der Waals surface area contributed by atoms with Crippen molar-refractivity contribution in [3.05, 3.63) is 57.4 Å². The lowest BCUT2D eigenvalue weighted by Crippen LogP contribution is -2.34. The summed E-state index contributed by atoms with van der Waals surface area (Å²) in [5.41, 5.74) is 1.31. The Morgan fingerprint density at radius 3 is 2.48 bits per heavy atom. The minimum absolute atomic E-state index is 0.269. The highest BCUT2D eigenvalue weighted by atomic mass is 79.9. The molecule has 110 valence electrons. The van der Waals surface area contributed by atoms with Gasteiger partial charge in [0.25, 0.3) is 0 Å². The molecule has 1 aliphatic heterocycles. The molecule has 0 spiro atoms. The van der Waals surface area contributed by atoms with Crippen molar-refractivity contribution in [1.82, 2.24) is 4.98 Å². The molecular weight excluding hydrogens is 355 g/mol. The fourth-order valence-electron chi connectivity index (χ4n) is 2.80. The Bertz CT molecular complexity index is 625. The number of aromatic nitrogens is 1. The topological polar surface area (TPSA) is 16.1 Å². The quantitative estimate of drug-likeness (QED) is 0.739. The van der Waals surface area contributed by atoms with Gasteiger partial charge in [0.05, 0.1) is 0 Å². The molecule has 1 saturated heterocycles. The minimum Gasteiger partial charge on any atom is -0.354 e. The zero-order valence-electron chi connectivity index (χ0n) is 11.4. The maximum absolute atomic E-state index is 14.0. The number of piperidine rings is 1. The standard InChI is InChI=1S/C16H15BrClFN2/c17-13-9-15(19)16(20-10-13)21-7-5-12(6-8-21)11-1-3-14(18)4-2-11/h1-4,9-10,12H,5-8H2. The van der Waals surface area contributed by atoms with Crippen LogP contribution in [-0.4, -0.2) is 18.1 Å².